The van der Waals surface area contributed by atoms with Gasteiger partial charge >= 0.3 is 0 Å². The van der Waals surface area contributed by atoms with Gasteiger partial charge in [-0.3, -0.25) is 0 Å². The monoisotopic (exact) mass is 327 g/mol. The van der Waals surface area contributed by atoms with Gasteiger partial charge in [0.25, 0.3) is 0 Å². The van der Waals surface area contributed by atoms with Gasteiger partial charge in [-0.05, 0) is 25.1 Å². The molecule has 0 amide bonds. The summed E-state index contributed by atoms with van der Waals surface area (Å²) in [6.07, 6.45) is 1.44. The van der Waals surface area contributed by atoms with E-state index in [1.54, 1.807) is 19.2 Å². The van der Waals surface area contributed by atoms with Gasteiger partial charge in [0, 0.05) is 11.5 Å². The number of rotatable bonds is 3. The highest BCUT2D eigenvalue weighted by atomic mass is 79.9. The van der Waals surface area contributed by atoms with Gasteiger partial charge in [-0.2, -0.15) is 0 Å². The van der Waals surface area contributed by atoms with E-state index in [2.05, 4.69) is 31.2 Å². The maximum Gasteiger partial charge on any atom is 0.227 e. The van der Waals surface area contributed by atoms with Gasteiger partial charge in [-0.1, -0.05) is 27.5 Å². The van der Waals surface area contributed by atoms with Crippen molar-refractivity contribution in [3.05, 3.63) is 39.6 Å². The van der Waals surface area contributed by atoms with Crippen LogP contribution in [0.15, 0.2) is 29.0 Å². The number of aromatic nitrogens is 2. The third-order valence-corrected chi connectivity index (χ3v) is 3.18. The highest BCUT2D eigenvalue weighted by Gasteiger charge is 2.10. The minimum atomic E-state index is 0.481. The number of ether oxygens (including phenoxy) is 1. The number of anilines is 1. The van der Waals surface area contributed by atoms with Crippen LogP contribution in [0.4, 0.5) is 5.82 Å². The first-order chi connectivity index (χ1) is 8.61. The molecule has 0 saturated heterocycles. The first-order valence-corrected chi connectivity index (χ1v) is 6.41. The van der Waals surface area contributed by atoms with Gasteiger partial charge in [-0.25, -0.2) is 9.97 Å². The van der Waals surface area contributed by atoms with E-state index >= 15 is 0 Å². The summed E-state index contributed by atoms with van der Waals surface area (Å²) in [5.41, 5.74) is 0.830. The van der Waals surface area contributed by atoms with Gasteiger partial charge < -0.3 is 10.1 Å². The van der Waals surface area contributed by atoms with Crippen LogP contribution in [0.1, 0.15) is 5.56 Å². The second-order valence-corrected chi connectivity index (χ2v) is 4.90. The predicted molar refractivity (Wildman–Crippen MR) is 75.5 cm³/mol. The number of hydrogen-bond donors (Lipinski definition) is 1. The lowest BCUT2D eigenvalue weighted by atomic mass is 10.3. The summed E-state index contributed by atoms with van der Waals surface area (Å²) in [4.78, 5) is 8.20. The number of nitrogens with zero attached hydrogens (tertiary/aromatic N) is 2. The largest absolute Gasteiger partial charge is 0.437 e. The summed E-state index contributed by atoms with van der Waals surface area (Å²) < 4.78 is 6.60. The van der Waals surface area contributed by atoms with Crippen LogP contribution in [0.2, 0.25) is 5.02 Å². The van der Waals surface area contributed by atoms with Crippen molar-refractivity contribution in [1.29, 1.82) is 0 Å². The standard InChI is InChI=1S/C12H11BrClN3O/c1-7-11(15-2)16-6-17-12(7)18-10-5-8(13)3-4-9(10)14/h3-6H,1-2H3,(H,15,16,17). The molecular formula is C12H11BrClN3O. The fourth-order valence-corrected chi connectivity index (χ4v) is 1.94. The molecule has 0 bridgehead atoms. The Balaban J connectivity index is 2.37. The first-order valence-electron chi connectivity index (χ1n) is 5.24. The maximum atomic E-state index is 6.07. The van der Waals surface area contributed by atoms with Crippen LogP contribution < -0.4 is 10.1 Å². The van der Waals surface area contributed by atoms with E-state index in [0.29, 0.717) is 16.7 Å². The molecule has 18 heavy (non-hydrogen) atoms. The molecule has 1 heterocycles. The minimum Gasteiger partial charge on any atom is -0.437 e. The zero-order valence-corrected chi connectivity index (χ0v) is 12.2. The Bertz CT molecular complexity index is 577. The van der Waals surface area contributed by atoms with E-state index in [9.17, 15) is 0 Å². The summed E-state index contributed by atoms with van der Waals surface area (Å²) in [6.45, 7) is 1.88. The molecule has 0 aliphatic carbocycles. The normalized spacial score (nSPS) is 10.2. The second-order valence-electron chi connectivity index (χ2n) is 3.58. The number of benzene rings is 1. The Morgan fingerprint density at radius 1 is 1.33 bits per heavy atom. The highest BCUT2D eigenvalue weighted by molar-refractivity contribution is 9.10. The lowest BCUT2D eigenvalue weighted by molar-refractivity contribution is 0.457. The molecule has 4 nitrogen and oxygen atoms in total. The molecule has 94 valence electrons. The van der Waals surface area contributed by atoms with Crippen LogP contribution in [0.5, 0.6) is 11.6 Å². The summed E-state index contributed by atoms with van der Waals surface area (Å²) >= 11 is 9.44. The number of halogens is 2. The molecule has 0 fully saturated rings. The van der Waals surface area contributed by atoms with E-state index in [4.69, 9.17) is 16.3 Å². The number of hydrogen-bond acceptors (Lipinski definition) is 4. The first kappa shape index (κ1) is 13.1. The molecule has 2 rings (SSSR count). The fraction of sp³-hybridized carbons (Fsp3) is 0.167. The third kappa shape index (κ3) is 2.73. The molecular weight excluding hydrogens is 318 g/mol. The van der Waals surface area contributed by atoms with Crippen molar-refractivity contribution in [2.45, 2.75) is 6.92 Å². The Morgan fingerprint density at radius 3 is 2.83 bits per heavy atom. The molecule has 0 aliphatic rings. The smallest absolute Gasteiger partial charge is 0.227 e. The van der Waals surface area contributed by atoms with Gasteiger partial charge in [0.15, 0.2) is 0 Å². The maximum absolute atomic E-state index is 6.07. The Kier molecular flexibility index (Phi) is 4.04. The zero-order chi connectivity index (χ0) is 13.1. The summed E-state index contributed by atoms with van der Waals surface area (Å²) in [5, 5.41) is 3.50. The molecule has 0 spiro atoms. The van der Waals surface area contributed by atoms with Crippen molar-refractivity contribution >= 4 is 33.3 Å². The second kappa shape index (κ2) is 5.54. The molecule has 0 aliphatic heterocycles. The lowest BCUT2D eigenvalue weighted by Crippen LogP contribution is -2.00. The molecule has 0 atom stereocenters. The van der Waals surface area contributed by atoms with Crippen LogP contribution >= 0.6 is 27.5 Å². The van der Waals surface area contributed by atoms with Gasteiger partial charge in [-0.15, -0.1) is 0 Å². The SMILES string of the molecule is CNc1ncnc(Oc2cc(Br)ccc2Cl)c1C. The van der Waals surface area contributed by atoms with E-state index in [1.165, 1.54) is 6.33 Å². The van der Waals surface area contributed by atoms with Crippen LogP contribution in [0.25, 0.3) is 0 Å². The van der Waals surface area contributed by atoms with Crippen molar-refractivity contribution in [3.8, 4) is 11.6 Å². The van der Waals surface area contributed by atoms with Gasteiger partial charge in [0.1, 0.15) is 17.9 Å². The summed E-state index contributed by atoms with van der Waals surface area (Å²) in [5.74, 6) is 1.76. The zero-order valence-electron chi connectivity index (χ0n) is 9.87. The highest BCUT2D eigenvalue weighted by Crippen LogP contribution is 2.33. The van der Waals surface area contributed by atoms with E-state index in [0.717, 1.165) is 15.9 Å². The van der Waals surface area contributed by atoms with Crippen molar-refractivity contribution < 1.29 is 4.74 Å². The molecule has 1 aromatic heterocycles. The fourth-order valence-electron chi connectivity index (χ4n) is 1.45. The lowest BCUT2D eigenvalue weighted by Gasteiger charge is -2.11. The predicted octanol–water partition coefficient (Wildman–Crippen LogP) is 4.03. The molecule has 1 aromatic carbocycles. The van der Waals surface area contributed by atoms with Crippen molar-refractivity contribution in [2.24, 2.45) is 0 Å². The van der Waals surface area contributed by atoms with Crippen LogP contribution in [0, 0.1) is 6.92 Å². The molecule has 1 N–H and O–H groups in total. The number of nitrogens with one attached hydrogen (secondary N) is 1. The molecule has 0 saturated carbocycles. The van der Waals surface area contributed by atoms with Crippen LogP contribution in [-0.2, 0) is 0 Å². The van der Waals surface area contributed by atoms with Crippen molar-refractivity contribution in [2.75, 3.05) is 12.4 Å². The summed E-state index contributed by atoms with van der Waals surface area (Å²) in [6, 6.07) is 5.40. The summed E-state index contributed by atoms with van der Waals surface area (Å²) in [7, 11) is 1.80. The van der Waals surface area contributed by atoms with Crippen LogP contribution in [-0.4, -0.2) is 17.0 Å². The average Bonchev–Trinajstić information content (AvgIpc) is 2.36. The minimum absolute atomic E-state index is 0.481. The van der Waals surface area contributed by atoms with E-state index in [1.807, 2.05) is 13.0 Å². The van der Waals surface area contributed by atoms with Crippen LogP contribution in [0.3, 0.4) is 0 Å². The Labute approximate surface area is 118 Å². The Hall–Kier alpha value is -1.33. The Morgan fingerprint density at radius 2 is 2.11 bits per heavy atom. The van der Waals surface area contributed by atoms with Crippen molar-refractivity contribution in [3.63, 3.8) is 0 Å². The topological polar surface area (TPSA) is 47.0 Å². The molecule has 6 heteroatoms. The van der Waals surface area contributed by atoms with Gasteiger partial charge in [0.05, 0.1) is 10.6 Å². The molecule has 2 aromatic rings. The van der Waals surface area contributed by atoms with E-state index in [-0.39, 0.29) is 0 Å². The third-order valence-electron chi connectivity index (χ3n) is 2.37. The van der Waals surface area contributed by atoms with E-state index < -0.39 is 0 Å². The quantitative estimate of drug-likeness (QED) is 0.924. The van der Waals surface area contributed by atoms with Gasteiger partial charge in [0.2, 0.25) is 5.88 Å². The average molecular weight is 329 g/mol. The molecule has 0 unspecified atom stereocenters. The van der Waals surface area contributed by atoms with Crippen molar-refractivity contribution in [1.82, 2.24) is 9.97 Å². The molecule has 0 radical (unpaired) electrons.